The summed E-state index contributed by atoms with van der Waals surface area (Å²) in [4.78, 5) is 0. The number of rotatable bonds is 11. The van der Waals surface area contributed by atoms with Gasteiger partial charge in [0, 0.05) is 31.0 Å². The lowest BCUT2D eigenvalue weighted by molar-refractivity contribution is 0.174. The highest BCUT2D eigenvalue weighted by Gasteiger charge is 2.19. The molecular weight excluding hydrogens is 671 g/mol. The molecule has 3 nitrogen and oxygen atoms in total. The van der Waals surface area contributed by atoms with E-state index in [0.717, 1.165) is 50.2 Å². The Labute approximate surface area is 257 Å². The Morgan fingerprint density at radius 1 is 0.868 bits per heavy atom. The van der Waals surface area contributed by atoms with Crippen molar-refractivity contribution in [3.8, 4) is 22.6 Å². The third-order valence-electron chi connectivity index (χ3n) is 6.26. The van der Waals surface area contributed by atoms with Gasteiger partial charge >= 0.3 is 0 Å². The lowest BCUT2D eigenvalue weighted by atomic mass is 10.1. The topological polar surface area (TPSA) is 41.5 Å². The van der Waals surface area contributed by atoms with E-state index in [1.54, 1.807) is 6.07 Å². The summed E-state index contributed by atoms with van der Waals surface area (Å²) in [6, 6.07) is 17.5. The van der Waals surface area contributed by atoms with E-state index in [1.807, 2.05) is 48.5 Å². The van der Waals surface area contributed by atoms with Crippen LogP contribution in [0.3, 0.4) is 0 Å². The average molecular weight is 705 g/mol. The van der Waals surface area contributed by atoms with E-state index >= 15 is 0 Å². The zero-order valence-electron chi connectivity index (χ0n) is 21.8. The lowest BCUT2D eigenvalue weighted by Crippen LogP contribution is -2.23. The minimum atomic E-state index is -0.743. The van der Waals surface area contributed by atoms with Gasteiger partial charge in [-0.1, -0.05) is 117 Å². The third-order valence-corrected chi connectivity index (χ3v) is 9.71. The molecule has 0 amide bonds. The Bertz CT molecular complexity index is 1130. The molecule has 0 aliphatic carbocycles. The molecule has 0 aromatic heterocycles. The predicted octanol–water partition coefficient (Wildman–Crippen LogP) is 10.6. The molecule has 0 bridgehead atoms. The van der Waals surface area contributed by atoms with Crippen LogP contribution in [0.2, 0.25) is 10.0 Å². The van der Waals surface area contributed by atoms with Gasteiger partial charge in [0.1, 0.15) is 11.0 Å². The van der Waals surface area contributed by atoms with Crippen molar-refractivity contribution in [1.29, 1.82) is 0 Å². The second kappa shape index (κ2) is 16.4. The monoisotopic (exact) mass is 702 g/mol. The molecule has 1 aliphatic rings. The highest BCUT2D eigenvalue weighted by Crippen LogP contribution is 2.36. The van der Waals surface area contributed by atoms with Crippen LogP contribution in [0.4, 0.5) is 0 Å². The van der Waals surface area contributed by atoms with Gasteiger partial charge in [-0.05, 0) is 67.3 Å². The highest BCUT2D eigenvalue weighted by atomic mass is 79.9. The van der Waals surface area contributed by atoms with E-state index in [9.17, 15) is 4.55 Å². The predicted molar refractivity (Wildman–Crippen MR) is 169 cm³/mol. The fraction of sp³-hybridized carbons (Fsp3) is 0.400. The first-order chi connectivity index (χ1) is 18.3. The standard InChI is InChI=1S/C18H28O3S.C12H6Br2Cl2/c1-3-4-5-6-7-8-11-22(19)15(2)12-16-9-10-17-18(13-16)21-14-20-17;13-7-1-3-9(11(14)5-7)10-4-2-8(15)6-12(10)16/h9-10,13,15H,3-8,11-12,14H2,1-2H3;1-6H. The number of ether oxygens (including phenoxy) is 2. The molecule has 3 aromatic carbocycles. The molecule has 0 radical (unpaired) electrons. The van der Waals surface area contributed by atoms with Crippen LogP contribution in [-0.4, -0.2) is 22.3 Å². The van der Waals surface area contributed by atoms with Gasteiger partial charge in [-0.15, -0.1) is 0 Å². The zero-order valence-corrected chi connectivity index (χ0v) is 27.3. The van der Waals surface area contributed by atoms with Gasteiger partial charge in [0.15, 0.2) is 11.5 Å². The summed E-state index contributed by atoms with van der Waals surface area (Å²) in [5, 5.41) is 1.48. The normalized spacial score (nSPS) is 13.6. The van der Waals surface area contributed by atoms with Crippen LogP contribution in [-0.2, 0) is 17.6 Å². The second-order valence-electron chi connectivity index (χ2n) is 9.30. The summed E-state index contributed by atoms with van der Waals surface area (Å²) in [7, 11) is 0. The van der Waals surface area contributed by atoms with Crippen LogP contribution in [0.5, 0.6) is 11.5 Å². The summed E-state index contributed by atoms with van der Waals surface area (Å²) in [5.41, 5.74) is 3.18. The van der Waals surface area contributed by atoms with Gasteiger partial charge in [-0.3, -0.25) is 0 Å². The quantitative estimate of drug-likeness (QED) is 0.147. The zero-order chi connectivity index (χ0) is 27.5. The van der Waals surface area contributed by atoms with E-state index in [-0.39, 0.29) is 5.25 Å². The van der Waals surface area contributed by atoms with Crippen molar-refractivity contribution in [2.24, 2.45) is 0 Å². The van der Waals surface area contributed by atoms with Crippen LogP contribution in [0.15, 0.2) is 63.5 Å². The molecule has 3 aromatic rings. The number of fused-ring (bicyclic) bond motifs is 1. The van der Waals surface area contributed by atoms with Crippen LogP contribution in [0, 0.1) is 0 Å². The van der Waals surface area contributed by atoms with Crippen molar-refractivity contribution in [2.45, 2.75) is 64.0 Å². The van der Waals surface area contributed by atoms with E-state index in [2.05, 4.69) is 45.7 Å². The summed E-state index contributed by atoms with van der Waals surface area (Å²) in [6.07, 6.45) is 8.32. The van der Waals surface area contributed by atoms with E-state index in [1.165, 1.54) is 37.7 Å². The molecule has 8 heteroatoms. The molecule has 2 atom stereocenters. The van der Waals surface area contributed by atoms with Gasteiger partial charge < -0.3 is 14.0 Å². The average Bonchev–Trinajstić information content (AvgIpc) is 3.35. The smallest absolute Gasteiger partial charge is 0.231 e. The summed E-state index contributed by atoms with van der Waals surface area (Å²) in [5.74, 6) is 2.45. The minimum Gasteiger partial charge on any atom is -0.616 e. The Morgan fingerprint density at radius 3 is 2.32 bits per heavy atom. The van der Waals surface area contributed by atoms with Crippen molar-refractivity contribution >= 4 is 66.2 Å². The van der Waals surface area contributed by atoms with Crippen molar-refractivity contribution in [2.75, 3.05) is 12.5 Å². The van der Waals surface area contributed by atoms with Gasteiger partial charge in [-0.2, -0.15) is 0 Å². The first-order valence-corrected chi connectivity index (χ1v) is 16.7. The molecule has 4 rings (SSSR count). The third kappa shape index (κ3) is 9.94. The maximum atomic E-state index is 12.3. The second-order valence-corrected chi connectivity index (χ2v) is 13.9. The first-order valence-electron chi connectivity index (χ1n) is 12.9. The molecule has 206 valence electrons. The Kier molecular flexibility index (Phi) is 13.6. The Balaban J connectivity index is 0.000000221. The van der Waals surface area contributed by atoms with Crippen molar-refractivity contribution in [1.82, 2.24) is 0 Å². The van der Waals surface area contributed by atoms with Crippen LogP contribution in [0.1, 0.15) is 57.9 Å². The SMILES string of the molecule is CCCCCCCC[S+]([O-])C(C)Cc1ccc2c(c1)OCO2.Clc1ccc(-c2ccc(Br)cc2Br)c(Cl)c1. The van der Waals surface area contributed by atoms with E-state index < -0.39 is 11.2 Å². The van der Waals surface area contributed by atoms with Crippen LogP contribution in [0.25, 0.3) is 11.1 Å². The molecule has 0 N–H and O–H groups in total. The summed E-state index contributed by atoms with van der Waals surface area (Å²) >= 11 is 18.2. The molecule has 1 aliphatic heterocycles. The Morgan fingerprint density at radius 2 is 1.58 bits per heavy atom. The molecule has 0 spiro atoms. The van der Waals surface area contributed by atoms with Crippen molar-refractivity contribution in [3.05, 3.63) is 79.2 Å². The summed E-state index contributed by atoms with van der Waals surface area (Å²) in [6.45, 7) is 4.61. The Hall–Kier alpha value is -0.890. The fourth-order valence-corrected chi connectivity index (χ4v) is 7.17. The maximum Gasteiger partial charge on any atom is 0.231 e. The van der Waals surface area contributed by atoms with Crippen molar-refractivity contribution in [3.63, 3.8) is 0 Å². The van der Waals surface area contributed by atoms with Gasteiger partial charge in [0.05, 0.1) is 0 Å². The molecule has 0 fully saturated rings. The number of hydrogen-bond donors (Lipinski definition) is 0. The molecule has 0 saturated carbocycles. The van der Waals surface area contributed by atoms with Gasteiger partial charge in [0.25, 0.3) is 0 Å². The number of halogens is 4. The van der Waals surface area contributed by atoms with Crippen LogP contribution < -0.4 is 9.47 Å². The number of benzene rings is 3. The molecule has 1 heterocycles. The van der Waals surface area contributed by atoms with E-state index in [4.69, 9.17) is 32.7 Å². The molecular formula is C30H34Br2Cl2O3S. The molecule has 38 heavy (non-hydrogen) atoms. The van der Waals surface area contributed by atoms with Crippen molar-refractivity contribution < 1.29 is 14.0 Å². The summed E-state index contributed by atoms with van der Waals surface area (Å²) < 4.78 is 25.1. The fourth-order valence-electron chi connectivity index (χ4n) is 4.13. The van der Waals surface area contributed by atoms with Crippen LogP contribution >= 0.6 is 55.1 Å². The van der Waals surface area contributed by atoms with E-state index in [0.29, 0.717) is 16.8 Å². The highest BCUT2D eigenvalue weighted by molar-refractivity contribution is 9.11. The number of unbranched alkanes of at least 4 members (excludes halogenated alkanes) is 5. The lowest BCUT2D eigenvalue weighted by Gasteiger charge is -2.18. The largest absolute Gasteiger partial charge is 0.616 e. The molecule has 0 saturated heterocycles. The van der Waals surface area contributed by atoms with Gasteiger partial charge in [0.2, 0.25) is 6.79 Å². The molecule has 2 unspecified atom stereocenters. The maximum absolute atomic E-state index is 12.3. The first kappa shape index (κ1) is 31.6. The minimum absolute atomic E-state index is 0.191. The number of hydrogen-bond acceptors (Lipinski definition) is 3. The van der Waals surface area contributed by atoms with Gasteiger partial charge in [-0.25, -0.2) is 0 Å².